The maximum Gasteiger partial charge on any atom is 0.0646 e. The topological polar surface area (TPSA) is 9.23 Å². The van der Waals surface area contributed by atoms with E-state index in [1.54, 1.807) is 0 Å². The van der Waals surface area contributed by atoms with Crippen molar-refractivity contribution in [1.29, 1.82) is 0 Å². The van der Waals surface area contributed by atoms with Crippen LogP contribution in [0.25, 0.3) is 0 Å². The molecular formula is C22H40O. The van der Waals surface area contributed by atoms with Gasteiger partial charge in [0, 0.05) is 5.41 Å². The normalized spacial score (nSPS) is 27.2. The van der Waals surface area contributed by atoms with Crippen LogP contribution in [0.2, 0.25) is 0 Å². The van der Waals surface area contributed by atoms with E-state index in [1.807, 2.05) is 0 Å². The lowest BCUT2D eigenvalue weighted by atomic mass is 9.69. The van der Waals surface area contributed by atoms with Crippen molar-refractivity contribution in [2.24, 2.45) is 22.7 Å². The zero-order chi connectivity index (χ0) is 17.8. The van der Waals surface area contributed by atoms with Gasteiger partial charge in [0.1, 0.15) is 0 Å². The van der Waals surface area contributed by atoms with Crippen LogP contribution in [0, 0.1) is 22.7 Å². The highest BCUT2D eigenvalue weighted by Gasteiger charge is 2.39. The lowest BCUT2D eigenvalue weighted by molar-refractivity contribution is -0.0883. The van der Waals surface area contributed by atoms with Gasteiger partial charge in [-0.15, -0.1) is 0 Å². The van der Waals surface area contributed by atoms with Gasteiger partial charge in [-0.1, -0.05) is 60.3 Å². The lowest BCUT2D eigenvalue weighted by Gasteiger charge is -2.43. The molecule has 0 heterocycles. The van der Waals surface area contributed by atoms with Crippen LogP contribution >= 0.6 is 0 Å². The van der Waals surface area contributed by atoms with Crippen molar-refractivity contribution >= 4 is 0 Å². The molecule has 0 radical (unpaired) electrons. The summed E-state index contributed by atoms with van der Waals surface area (Å²) >= 11 is 0. The van der Waals surface area contributed by atoms with E-state index in [0.29, 0.717) is 17.4 Å². The van der Waals surface area contributed by atoms with E-state index < -0.39 is 0 Å². The lowest BCUT2D eigenvalue weighted by Crippen LogP contribution is -2.41. The molecule has 0 aromatic carbocycles. The van der Waals surface area contributed by atoms with Crippen molar-refractivity contribution in [2.75, 3.05) is 0 Å². The first kappa shape index (κ1) is 20.5. The van der Waals surface area contributed by atoms with Crippen molar-refractivity contribution in [1.82, 2.24) is 0 Å². The molecule has 0 aromatic rings. The summed E-state index contributed by atoms with van der Waals surface area (Å²) < 4.78 is 6.55. The Morgan fingerprint density at radius 2 is 1.57 bits per heavy atom. The van der Waals surface area contributed by atoms with Crippen LogP contribution in [-0.4, -0.2) is 12.2 Å². The Morgan fingerprint density at radius 1 is 1.04 bits per heavy atom. The molecule has 1 aliphatic carbocycles. The van der Waals surface area contributed by atoms with Gasteiger partial charge in [-0.05, 0) is 62.4 Å². The molecule has 1 rings (SSSR count). The largest absolute Gasteiger partial charge is 0.374 e. The highest BCUT2D eigenvalue weighted by molar-refractivity contribution is 5.25. The van der Waals surface area contributed by atoms with Crippen molar-refractivity contribution in [3.05, 3.63) is 24.3 Å². The fraction of sp³-hybridized carbons (Fsp3) is 0.818. The highest BCUT2D eigenvalue weighted by atomic mass is 16.5. The van der Waals surface area contributed by atoms with Gasteiger partial charge in [-0.25, -0.2) is 0 Å². The molecule has 0 aliphatic heterocycles. The number of rotatable bonds is 6. The SMILES string of the molecule is C=C(/C=C\C)[C@@](C)(C(C)C)C(C)OC1CCC(C(C)(C)C)CC1. The third-order valence-corrected chi connectivity index (χ3v) is 6.40. The summed E-state index contributed by atoms with van der Waals surface area (Å²) in [6.07, 6.45) is 9.86. The summed E-state index contributed by atoms with van der Waals surface area (Å²) in [5.74, 6) is 1.35. The maximum atomic E-state index is 6.55. The van der Waals surface area contributed by atoms with E-state index in [1.165, 1.54) is 31.3 Å². The highest BCUT2D eigenvalue weighted by Crippen LogP contribution is 2.43. The van der Waals surface area contributed by atoms with Crippen molar-refractivity contribution < 1.29 is 4.74 Å². The Kier molecular flexibility index (Phi) is 7.13. The molecule has 0 spiro atoms. The molecule has 1 fully saturated rings. The molecule has 0 N–H and O–H groups in total. The fourth-order valence-corrected chi connectivity index (χ4v) is 3.98. The summed E-state index contributed by atoms with van der Waals surface area (Å²) in [7, 11) is 0. The quantitative estimate of drug-likeness (QED) is 0.489. The van der Waals surface area contributed by atoms with E-state index in [2.05, 4.69) is 74.1 Å². The monoisotopic (exact) mass is 320 g/mol. The minimum absolute atomic E-state index is 0.00656. The molecule has 0 bridgehead atoms. The molecule has 2 atom stereocenters. The first-order chi connectivity index (χ1) is 10.5. The zero-order valence-electron chi connectivity index (χ0n) is 16.9. The van der Waals surface area contributed by atoms with E-state index in [-0.39, 0.29) is 11.5 Å². The Hall–Kier alpha value is -0.560. The summed E-state index contributed by atoms with van der Waals surface area (Å²) in [5.41, 5.74) is 1.61. The van der Waals surface area contributed by atoms with Crippen LogP contribution in [0.4, 0.5) is 0 Å². The van der Waals surface area contributed by atoms with Crippen LogP contribution in [-0.2, 0) is 4.74 Å². The van der Waals surface area contributed by atoms with Gasteiger partial charge in [0.2, 0.25) is 0 Å². The van der Waals surface area contributed by atoms with E-state index in [4.69, 9.17) is 4.74 Å². The van der Waals surface area contributed by atoms with Gasteiger partial charge in [0.25, 0.3) is 0 Å². The molecule has 23 heavy (non-hydrogen) atoms. The smallest absolute Gasteiger partial charge is 0.0646 e. The average Bonchev–Trinajstić information content (AvgIpc) is 2.45. The second-order valence-electron chi connectivity index (χ2n) is 9.08. The summed E-state index contributed by atoms with van der Waals surface area (Å²) in [4.78, 5) is 0. The van der Waals surface area contributed by atoms with Crippen molar-refractivity contribution in [2.45, 2.75) is 93.3 Å². The Balaban J connectivity index is 2.71. The molecule has 0 amide bonds. The average molecular weight is 321 g/mol. The molecule has 1 nitrogen and oxygen atoms in total. The Labute approximate surface area is 145 Å². The molecular weight excluding hydrogens is 280 g/mol. The first-order valence-corrected chi connectivity index (χ1v) is 9.51. The molecule has 0 aromatic heterocycles. The van der Waals surface area contributed by atoms with Crippen LogP contribution in [0.3, 0.4) is 0 Å². The molecule has 134 valence electrons. The molecule has 0 saturated heterocycles. The van der Waals surface area contributed by atoms with Gasteiger partial charge >= 0.3 is 0 Å². The second-order valence-corrected chi connectivity index (χ2v) is 9.08. The second kappa shape index (κ2) is 8.01. The first-order valence-electron chi connectivity index (χ1n) is 9.51. The Morgan fingerprint density at radius 3 is 1.96 bits per heavy atom. The summed E-state index contributed by atoms with van der Waals surface area (Å²) in [6, 6.07) is 0. The van der Waals surface area contributed by atoms with Gasteiger partial charge in [0.15, 0.2) is 0 Å². The molecule has 1 heteroatoms. The zero-order valence-corrected chi connectivity index (χ0v) is 16.9. The van der Waals surface area contributed by atoms with Crippen LogP contribution < -0.4 is 0 Å². The summed E-state index contributed by atoms with van der Waals surface area (Å²) in [5, 5.41) is 0. The molecule has 1 saturated carbocycles. The summed E-state index contributed by atoms with van der Waals surface area (Å²) in [6.45, 7) is 22.6. The molecule has 1 aliphatic rings. The van der Waals surface area contributed by atoms with Gasteiger partial charge in [-0.2, -0.15) is 0 Å². The third kappa shape index (κ3) is 4.95. The Bertz CT molecular complexity index is 404. The minimum Gasteiger partial charge on any atom is -0.374 e. The van der Waals surface area contributed by atoms with Gasteiger partial charge < -0.3 is 4.74 Å². The van der Waals surface area contributed by atoms with E-state index in [0.717, 1.165) is 5.92 Å². The van der Waals surface area contributed by atoms with Crippen molar-refractivity contribution in [3.63, 3.8) is 0 Å². The number of allylic oxidation sites excluding steroid dienone is 2. The standard InChI is InChI=1S/C22H40O/c1-10-11-17(4)22(9,16(2)3)18(5)23-20-14-12-19(13-15-20)21(6,7)8/h10-11,16,18-20H,4,12-15H2,1-3,5-9H3/b11-10-/t18?,19?,20?,22-/m1/s1. The van der Waals surface area contributed by atoms with Crippen LogP contribution in [0.1, 0.15) is 81.1 Å². The minimum atomic E-state index is -0.00656. The third-order valence-electron chi connectivity index (χ3n) is 6.40. The maximum absolute atomic E-state index is 6.55. The van der Waals surface area contributed by atoms with Crippen LogP contribution in [0.5, 0.6) is 0 Å². The fourth-order valence-electron chi connectivity index (χ4n) is 3.98. The number of hydrogen-bond acceptors (Lipinski definition) is 1. The predicted octanol–water partition coefficient (Wildman–Crippen LogP) is 6.79. The predicted molar refractivity (Wildman–Crippen MR) is 103 cm³/mol. The van der Waals surface area contributed by atoms with Gasteiger partial charge in [-0.3, -0.25) is 0 Å². The van der Waals surface area contributed by atoms with Gasteiger partial charge in [0.05, 0.1) is 12.2 Å². The van der Waals surface area contributed by atoms with E-state index in [9.17, 15) is 0 Å². The van der Waals surface area contributed by atoms with E-state index >= 15 is 0 Å². The molecule has 1 unspecified atom stereocenters. The van der Waals surface area contributed by atoms with Crippen molar-refractivity contribution in [3.8, 4) is 0 Å². The van der Waals surface area contributed by atoms with Crippen LogP contribution in [0.15, 0.2) is 24.3 Å². The number of ether oxygens (including phenoxy) is 1. The number of hydrogen-bond donors (Lipinski definition) is 0.